The fourth-order valence-electron chi connectivity index (χ4n) is 8.81. The molecule has 4 N–H and O–H groups in total. The maximum atomic E-state index is 14.2. The van der Waals surface area contributed by atoms with E-state index in [0.717, 1.165) is 50.0 Å². The summed E-state index contributed by atoms with van der Waals surface area (Å²) in [4.78, 5) is 41.1. The lowest BCUT2D eigenvalue weighted by Crippen LogP contribution is -2.51. The van der Waals surface area contributed by atoms with Gasteiger partial charge < -0.3 is 34.5 Å². The van der Waals surface area contributed by atoms with Crippen LogP contribution in [0, 0.1) is 11.8 Å². The van der Waals surface area contributed by atoms with Gasteiger partial charge in [0, 0.05) is 57.4 Å². The zero-order valence-electron chi connectivity index (χ0n) is 29.3. The van der Waals surface area contributed by atoms with E-state index in [-0.39, 0.29) is 30.1 Å². The van der Waals surface area contributed by atoms with Gasteiger partial charge in [0.1, 0.15) is 23.2 Å². The van der Waals surface area contributed by atoms with E-state index in [9.17, 15) is 9.59 Å². The van der Waals surface area contributed by atoms with Gasteiger partial charge in [0.25, 0.3) is 0 Å². The molecule has 4 aliphatic rings. The van der Waals surface area contributed by atoms with E-state index in [0.29, 0.717) is 47.6 Å². The van der Waals surface area contributed by atoms with Crippen molar-refractivity contribution in [1.29, 1.82) is 0 Å². The minimum atomic E-state index is -1.01. The van der Waals surface area contributed by atoms with E-state index in [1.807, 2.05) is 46.0 Å². The molecule has 4 aliphatic heterocycles. The average Bonchev–Trinajstić information content (AvgIpc) is 3.96. The number of rotatable bonds is 5. The molecule has 3 aromatic heterocycles. The summed E-state index contributed by atoms with van der Waals surface area (Å²) in [5.41, 5.74) is 6.98. The van der Waals surface area contributed by atoms with Crippen LogP contribution in [0.15, 0.2) is 75.8 Å². The van der Waals surface area contributed by atoms with Gasteiger partial charge in [0.05, 0.1) is 6.20 Å². The molecule has 262 valence electrons. The van der Waals surface area contributed by atoms with Crippen molar-refractivity contribution in [1.82, 2.24) is 25.6 Å². The van der Waals surface area contributed by atoms with E-state index >= 15 is 0 Å². The molecule has 0 radical (unpaired) electrons. The Bertz CT molecular complexity index is 2450. The summed E-state index contributed by atoms with van der Waals surface area (Å²) in [6, 6.07) is 17.1. The Balaban J connectivity index is 1.28. The summed E-state index contributed by atoms with van der Waals surface area (Å²) in [6.45, 7) is 8.01. The number of aromatic nitrogens is 3. The molecular formula is C41H38N6O5. The number of H-pyrrole nitrogens is 1. The summed E-state index contributed by atoms with van der Waals surface area (Å²) in [5, 5.41) is 11.1. The van der Waals surface area contributed by atoms with Gasteiger partial charge in [-0.3, -0.25) is 9.59 Å². The number of carbonyl (C=O) groups is 2. The van der Waals surface area contributed by atoms with E-state index in [2.05, 4.69) is 63.4 Å². The number of fused-ring (bicyclic) bond motifs is 7. The molecule has 0 aliphatic carbocycles. The monoisotopic (exact) mass is 694 g/mol. The maximum absolute atomic E-state index is 14.2. The third kappa shape index (κ3) is 4.13. The van der Waals surface area contributed by atoms with Gasteiger partial charge in [-0.05, 0) is 42.0 Å². The van der Waals surface area contributed by atoms with Gasteiger partial charge in [-0.25, -0.2) is 9.97 Å². The van der Waals surface area contributed by atoms with Crippen LogP contribution in [-0.4, -0.2) is 39.0 Å². The van der Waals surface area contributed by atoms with Crippen LogP contribution in [0.2, 0.25) is 0 Å². The van der Waals surface area contributed by atoms with E-state index in [1.54, 1.807) is 6.20 Å². The topological polar surface area (TPSA) is 147 Å². The zero-order valence-corrected chi connectivity index (χ0v) is 29.3. The second-order valence-corrected chi connectivity index (χ2v) is 14.7. The van der Waals surface area contributed by atoms with Crippen molar-refractivity contribution in [2.75, 3.05) is 5.32 Å². The normalized spacial score (nSPS) is 22.0. The maximum Gasteiger partial charge on any atom is 0.249 e. The summed E-state index contributed by atoms with van der Waals surface area (Å²) < 4.78 is 20.5. The second kappa shape index (κ2) is 11.1. The Labute approximate surface area is 299 Å². The molecule has 0 saturated carbocycles. The first-order valence-corrected chi connectivity index (χ1v) is 18.2. The molecule has 10 rings (SSSR count). The van der Waals surface area contributed by atoms with Gasteiger partial charge >= 0.3 is 0 Å². The second-order valence-electron chi connectivity index (χ2n) is 14.7. The quantitative estimate of drug-likeness (QED) is 0.148. The number of anilines is 1. The van der Waals surface area contributed by atoms with Crippen molar-refractivity contribution in [3.05, 3.63) is 95.3 Å². The zero-order chi connectivity index (χ0) is 35.5. The summed E-state index contributed by atoms with van der Waals surface area (Å²) in [6.07, 6.45) is 4.74. The lowest BCUT2D eigenvalue weighted by Gasteiger charge is -2.29. The highest BCUT2D eigenvalue weighted by atomic mass is 16.5. The van der Waals surface area contributed by atoms with Crippen LogP contribution in [0.5, 0.6) is 5.75 Å². The van der Waals surface area contributed by atoms with E-state index in [4.69, 9.17) is 23.5 Å². The number of hydrogen-bond acceptors (Lipinski definition) is 8. The summed E-state index contributed by atoms with van der Waals surface area (Å²) in [5.74, 6) is 1.68. The van der Waals surface area contributed by atoms with Crippen LogP contribution in [0.3, 0.4) is 0 Å². The SMILES string of the molecule is CCC(CC)C(=O)NC1Cc2ccc3c(c2)C24c5cccc(c5NC2O3)-c2cccc3[nH]cc(c23)-c2cnc(o2)-c2nc(oc24)[C@H](C(C)C)NC1=O. The van der Waals surface area contributed by atoms with Crippen molar-refractivity contribution in [3.8, 4) is 39.8 Å². The van der Waals surface area contributed by atoms with E-state index in [1.165, 1.54) is 0 Å². The Morgan fingerprint density at radius 3 is 2.65 bits per heavy atom. The average molecular weight is 695 g/mol. The fraction of sp³-hybridized carbons (Fsp3) is 0.317. The first-order chi connectivity index (χ1) is 25.3. The standard InChI is InChI=1S/C41H38N6O5/c1-5-21(6-2)36(48)44-28-16-20-13-14-29-26(15-20)41-25-11-7-10-23(33(25)47-40(41)51-29)22-9-8-12-27-31(22)24(17-42-27)30-18-43-38(50-30)34-35(41)52-39(46-34)32(19(3)4)45-37(28)49/h7-15,17-19,21,28,32,40,42,47H,5-6,16H2,1-4H3,(H,44,48)(H,45,49)/t28?,32-,40?,41?/m0/s1. The molecule has 52 heavy (non-hydrogen) atoms. The predicted molar refractivity (Wildman–Crippen MR) is 195 cm³/mol. The van der Waals surface area contributed by atoms with Crippen LogP contribution in [0.4, 0.5) is 5.69 Å². The Kier molecular flexibility index (Phi) is 6.59. The van der Waals surface area contributed by atoms with Crippen molar-refractivity contribution >= 4 is 28.4 Å². The molecule has 4 atom stereocenters. The minimum Gasteiger partial charge on any atom is -0.469 e. The van der Waals surface area contributed by atoms with Gasteiger partial charge in [-0.1, -0.05) is 70.2 Å². The Hall–Kier alpha value is -5.84. The highest BCUT2D eigenvalue weighted by molar-refractivity contribution is 6.07. The van der Waals surface area contributed by atoms with Crippen LogP contribution in [0.1, 0.15) is 74.9 Å². The van der Waals surface area contributed by atoms with Crippen molar-refractivity contribution in [2.45, 2.75) is 70.7 Å². The number of aromatic amines is 1. The first-order valence-electron chi connectivity index (χ1n) is 18.2. The molecule has 7 heterocycles. The number of nitrogens with one attached hydrogen (secondary N) is 4. The number of nitrogens with zero attached hydrogens (tertiary/aromatic N) is 2. The first kappa shape index (κ1) is 30.9. The number of benzene rings is 3. The smallest absolute Gasteiger partial charge is 0.249 e. The molecule has 6 aromatic rings. The number of hydrogen-bond donors (Lipinski definition) is 4. The third-order valence-electron chi connectivity index (χ3n) is 11.5. The molecule has 11 heteroatoms. The molecule has 3 aromatic carbocycles. The molecular weight excluding hydrogens is 656 g/mol. The summed E-state index contributed by atoms with van der Waals surface area (Å²) in [7, 11) is 0. The van der Waals surface area contributed by atoms with Gasteiger partial charge in [-0.15, -0.1) is 0 Å². The van der Waals surface area contributed by atoms with Crippen molar-refractivity contribution in [2.24, 2.45) is 11.8 Å². The molecule has 10 bridgehead atoms. The molecule has 1 spiro atoms. The van der Waals surface area contributed by atoms with E-state index < -0.39 is 23.7 Å². The molecule has 3 unspecified atom stereocenters. The summed E-state index contributed by atoms with van der Waals surface area (Å²) >= 11 is 0. The molecule has 0 fully saturated rings. The lowest BCUT2D eigenvalue weighted by atomic mass is 9.72. The van der Waals surface area contributed by atoms with Crippen LogP contribution in [-0.2, 0) is 21.4 Å². The van der Waals surface area contributed by atoms with Crippen molar-refractivity contribution < 1.29 is 23.2 Å². The van der Waals surface area contributed by atoms with Crippen LogP contribution < -0.4 is 20.7 Å². The van der Waals surface area contributed by atoms with Gasteiger partial charge in [0.15, 0.2) is 23.4 Å². The molecule has 11 nitrogen and oxygen atoms in total. The van der Waals surface area contributed by atoms with Crippen LogP contribution in [0.25, 0.3) is 44.9 Å². The number of para-hydroxylation sites is 1. The number of ether oxygens (including phenoxy) is 1. The van der Waals surface area contributed by atoms with Crippen LogP contribution >= 0.6 is 0 Å². The highest BCUT2D eigenvalue weighted by Gasteiger charge is 2.61. The number of carbonyl (C=O) groups excluding carboxylic acids is 2. The number of amides is 2. The number of oxazole rings is 2. The lowest BCUT2D eigenvalue weighted by molar-refractivity contribution is -0.131. The molecule has 0 saturated heterocycles. The predicted octanol–water partition coefficient (Wildman–Crippen LogP) is 7.23. The van der Waals surface area contributed by atoms with Gasteiger partial charge in [0.2, 0.25) is 23.6 Å². The Morgan fingerprint density at radius 2 is 1.83 bits per heavy atom. The van der Waals surface area contributed by atoms with Gasteiger partial charge in [-0.2, -0.15) is 0 Å². The molecule has 2 amide bonds. The fourth-order valence-corrected chi connectivity index (χ4v) is 8.81. The van der Waals surface area contributed by atoms with Crippen molar-refractivity contribution in [3.63, 3.8) is 0 Å². The minimum absolute atomic E-state index is 0.117. The highest BCUT2D eigenvalue weighted by Crippen LogP contribution is 2.61. The Morgan fingerprint density at radius 1 is 1.00 bits per heavy atom. The third-order valence-corrected chi connectivity index (χ3v) is 11.5. The largest absolute Gasteiger partial charge is 0.469 e.